The number of anilines is 3. The van der Waals surface area contributed by atoms with E-state index in [1.54, 1.807) is 6.07 Å². The number of rotatable bonds is 7. The van der Waals surface area contributed by atoms with E-state index in [0.29, 0.717) is 22.5 Å². The number of alkyl halides is 6. The Morgan fingerprint density at radius 2 is 1.56 bits per heavy atom. The smallest absolute Gasteiger partial charge is 0.475 e. The summed E-state index contributed by atoms with van der Waals surface area (Å²) in [6, 6.07) is 12.6. The van der Waals surface area contributed by atoms with Crippen molar-refractivity contribution in [3.63, 3.8) is 0 Å². The van der Waals surface area contributed by atoms with Crippen LogP contribution in [0.4, 0.5) is 47.9 Å². The number of carboxylic acid groups (broad SMARTS) is 1. The van der Waals surface area contributed by atoms with E-state index in [-0.39, 0.29) is 39.3 Å². The topological polar surface area (TPSA) is 161 Å². The second-order valence-electron chi connectivity index (χ2n) is 11.8. The van der Waals surface area contributed by atoms with E-state index in [2.05, 4.69) is 10.0 Å². The molecular weight excluding hydrogens is 870 g/mol. The van der Waals surface area contributed by atoms with E-state index in [1.807, 2.05) is 22.6 Å². The molecule has 286 valence electrons. The highest BCUT2D eigenvalue weighted by Crippen LogP contribution is 2.35. The molecule has 1 fully saturated rings. The van der Waals surface area contributed by atoms with Crippen molar-refractivity contribution in [2.24, 2.45) is 7.05 Å². The molecule has 54 heavy (non-hydrogen) atoms. The second kappa shape index (κ2) is 14.6. The minimum absolute atomic E-state index is 0.0169. The lowest BCUT2D eigenvalue weighted by atomic mass is 10.1. The minimum atomic E-state index is -5.08. The summed E-state index contributed by atoms with van der Waals surface area (Å²) < 4.78 is 119. The van der Waals surface area contributed by atoms with Crippen LogP contribution in [0.3, 0.4) is 0 Å². The van der Waals surface area contributed by atoms with Crippen LogP contribution in [-0.4, -0.2) is 39.4 Å². The molecule has 0 bridgehead atoms. The number of fused-ring (bicyclic) bond motifs is 1. The van der Waals surface area contributed by atoms with Crippen molar-refractivity contribution in [1.82, 2.24) is 13.7 Å². The number of nitrogens with one attached hydrogen (secondary N) is 2. The number of carbonyl (C=O) groups is 1. The molecule has 2 aromatic heterocycles. The van der Waals surface area contributed by atoms with Gasteiger partial charge in [-0.15, -0.1) is 0 Å². The van der Waals surface area contributed by atoms with E-state index in [4.69, 9.17) is 9.90 Å². The molecule has 0 radical (unpaired) electrons. The first-order chi connectivity index (χ1) is 25.0. The second-order valence-corrected chi connectivity index (χ2v) is 14.7. The Bertz CT molecular complexity index is 2620. The van der Waals surface area contributed by atoms with Crippen molar-refractivity contribution in [2.45, 2.75) is 43.1 Å². The van der Waals surface area contributed by atoms with E-state index in [0.717, 1.165) is 31.9 Å². The minimum Gasteiger partial charge on any atom is -0.475 e. The first-order valence-electron chi connectivity index (χ1n) is 15.3. The third kappa shape index (κ3) is 8.15. The maximum atomic E-state index is 15.0. The molecular formula is C33H25F7IN5O7S. The lowest BCUT2D eigenvalue weighted by Crippen LogP contribution is -2.41. The summed E-state index contributed by atoms with van der Waals surface area (Å²) >= 11 is 1.94. The third-order valence-electron chi connectivity index (χ3n) is 8.01. The van der Waals surface area contributed by atoms with Crippen LogP contribution in [0.25, 0.3) is 16.6 Å². The van der Waals surface area contributed by atoms with Gasteiger partial charge in [-0.05, 0) is 97.0 Å². The summed E-state index contributed by atoms with van der Waals surface area (Å²) in [5.74, 6) is -3.47. The average Bonchev–Trinajstić information content (AvgIpc) is 3.91. The van der Waals surface area contributed by atoms with Gasteiger partial charge < -0.3 is 10.4 Å². The molecule has 12 nitrogen and oxygen atoms in total. The maximum absolute atomic E-state index is 15.0. The van der Waals surface area contributed by atoms with Gasteiger partial charge in [-0.25, -0.2) is 22.4 Å². The summed E-state index contributed by atoms with van der Waals surface area (Å²) in [6.45, 7) is 1.43. The van der Waals surface area contributed by atoms with Gasteiger partial charge in [0, 0.05) is 22.2 Å². The van der Waals surface area contributed by atoms with Crippen LogP contribution in [0.5, 0.6) is 0 Å². The number of benzene rings is 3. The Balaban J connectivity index is 0.000000730. The molecule has 21 heteroatoms. The lowest BCUT2D eigenvalue weighted by molar-refractivity contribution is -0.192. The summed E-state index contributed by atoms with van der Waals surface area (Å²) in [5, 5.41) is 9.91. The highest BCUT2D eigenvalue weighted by atomic mass is 127. The Kier molecular flexibility index (Phi) is 10.8. The summed E-state index contributed by atoms with van der Waals surface area (Å²) in [5.41, 5.74) is -3.36. The van der Waals surface area contributed by atoms with Crippen LogP contribution in [0, 0.1) is 16.3 Å². The first-order valence-corrected chi connectivity index (χ1v) is 17.8. The zero-order valence-electron chi connectivity index (χ0n) is 27.5. The number of halogens is 8. The maximum Gasteiger partial charge on any atom is 0.490 e. The number of aromatic nitrogens is 3. The highest BCUT2D eigenvalue weighted by molar-refractivity contribution is 14.1. The fraction of sp³-hybridized carbons (Fsp3) is 0.212. The highest BCUT2D eigenvalue weighted by Gasteiger charge is 2.38. The Morgan fingerprint density at radius 1 is 0.926 bits per heavy atom. The molecule has 1 aliphatic rings. The van der Waals surface area contributed by atoms with Crippen molar-refractivity contribution in [2.75, 3.05) is 10.0 Å². The zero-order valence-corrected chi connectivity index (χ0v) is 30.5. The zero-order chi connectivity index (χ0) is 40.1. The van der Waals surface area contributed by atoms with Gasteiger partial charge in [0.1, 0.15) is 17.0 Å². The molecule has 0 atom stereocenters. The number of hydrogen-bond donors (Lipinski definition) is 3. The summed E-state index contributed by atoms with van der Waals surface area (Å²) in [6.07, 6.45) is -8.78. The monoisotopic (exact) mass is 895 g/mol. The SMILES string of the molecule is Cc1c(=O)n(C)c(Nc2ccc(I)cc2F)c2c(=O)n(C3CC3)c(=O)n(-c3cccc(NS(=O)(=O)c4cccc(C(F)(F)F)c4)c3)c12.O=C(O)C(F)(F)F. The fourth-order valence-electron chi connectivity index (χ4n) is 5.34. The molecule has 2 heterocycles. The predicted octanol–water partition coefficient (Wildman–Crippen LogP) is 6.43. The van der Waals surface area contributed by atoms with Gasteiger partial charge in [-0.2, -0.15) is 26.3 Å². The third-order valence-corrected chi connectivity index (χ3v) is 10.1. The van der Waals surface area contributed by atoms with Gasteiger partial charge in [-0.3, -0.25) is 28.0 Å². The molecule has 6 rings (SSSR count). The Morgan fingerprint density at radius 3 is 2.13 bits per heavy atom. The van der Waals surface area contributed by atoms with Gasteiger partial charge in [0.25, 0.3) is 21.1 Å². The van der Waals surface area contributed by atoms with Crippen molar-refractivity contribution < 1.29 is 49.1 Å². The number of sulfonamides is 1. The van der Waals surface area contributed by atoms with Crippen LogP contribution in [0.1, 0.15) is 30.0 Å². The van der Waals surface area contributed by atoms with Crippen LogP contribution < -0.4 is 26.8 Å². The molecule has 1 saturated carbocycles. The quantitative estimate of drug-likeness (QED) is 0.124. The average molecular weight is 896 g/mol. The predicted molar refractivity (Wildman–Crippen MR) is 190 cm³/mol. The van der Waals surface area contributed by atoms with Crippen LogP contribution in [-0.2, 0) is 28.0 Å². The van der Waals surface area contributed by atoms with E-state index < -0.39 is 67.5 Å². The van der Waals surface area contributed by atoms with Gasteiger partial charge in [-0.1, -0.05) is 12.1 Å². The normalized spacial score (nSPS) is 13.3. The molecule has 5 aromatic rings. The molecule has 0 saturated heterocycles. The number of carboxylic acids is 1. The number of pyridine rings is 1. The van der Waals surface area contributed by atoms with E-state index in [9.17, 15) is 53.5 Å². The molecule has 0 unspecified atom stereocenters. The number of aryl methyl sites for hydroxylation is 1. The molecule has 3 N–H and O–H groups in total. The first kappa shape index (κ1) is 40.0. The van der Waals surface area contributed by atoms with Crippen molar-refractivity contribution in [3.05, 3.63) is 118 Å². The molecule has 3 aromatic carbocycles. The van der Waals surface area contributed by atoms with Gasteiger partial charge in [0.2, 0.25) is 0 Å². The van der Waals surface area contributed by atoms with Crippen molar-refractivity contribution in [1.29, 1.82) is 0 Å². The van der Waals surface area contributed by atoms with Gasteiger partial charge in [0.05, 0.1) is 33.0 Å². The fourth-order valence-corrected chi connectivity index (χ4v) is 6.88. The van der Waals surface area contributed by atoms with Crippen LogP contribution >= 0.6 is 22.6 Å². The molecule has 0 amide bonds. The van der Waals surface area contributed by atoms with Gasteiger partial charge in [0.15, 0.2) is 0 Å². The number of hydrogen-bond acceptors (Lipinski definition) is 7. The molecule has 0 aliphatic heterocycles. The Labute approximate surface area is 312 Å². The largest absolute Gasteiger partial charge is 0.490 e. The Hall–Kier alpha value is -5.19. The van der Waals surface area contributed by atoms with Crippen molar-refractivity contribution >= 4 is 66.7 Å². The number of nitrogens with zero attached hydrogens (tertiary/aromatic N) is 3. The molecule has 0 spiro atoms. The van der Waals surface area contributed by atoms with Crippen LogP contribution in [0.2, 0.25) is 0 Å². The van der Waals surface area contributed by atoms with Crippen LogP contribution in [0.15, 0.2) is 86.0 Å². The van der Waals surface area contributed by atoms with Gasteiger partial charge >= 0.3 is 24.0 Å². The van der Waals surface area contributed by atoms with Crippen molar-refractivity contribution in [3.8, 4) is 5.69 Å². The summed E-state index contributed by atoms with van der Waals surface area (Å²) in [7, 11) is -3.12. The van der Waals surface area contributed by atoms with E-state index in [1.165, 1.54) is 50.4 Å². The molecule has 1 aliphatic carbocycles. The lowest BCUT2D eigenvalue weighted by Gasteiger charge is -2.21. The standard InChI is InChI=1S/C31H24F4IN5O5S.C2HF3O2/c1-16-26-25(27(39(2)28(16)42)37-24-12-9-18(36)14-23(24)32)29(43)41(20-10-11-20)30(44)40(26)21-7-4-6-19(15-21)38-47(45,46)22-8-3-5-17(13-22)31(33,34)35;3-2(4,5)1(6)7/h3-9,12-15,20,37-38H,10-11H2,1-2H3;(H,6,7). The number of aliphatic carboxylic acids is 1. The summed E-state index contributed by atoms with van der Waals surface area (Å²) in [4.78, 5) is 49.8. The van der Waals surface area contributed by atoms with E-state index >= 15 is 0 Å².